The lowest BCUT2D eigenvalue weighted by Gasteiger charge is -2.31. The van der Waals surface area contributed by atoms with Crippen molar-refractivity contribution in [3.8, 4) is 0 Å². The Morgan fingerprint density at radius 2 is 2.11 bits per heavy atom. The molecule has 0 atom stereocenters. The molecule has 1 saturated carbocycles. The highest BCUT2D eigenvalue weighted by molar-refractivity contribution is 7.89. The van der Waals surface area contributed by atoms with Crippen molar-refractivity contribution < 1.29 is 17.9 Å². The molecule has 0 aliphatic heterocycles. The van der Waals surface area contributed by atoms with Gasteiger partial charge in [-0.2, -0.15) is 0 Å². The highest BCUT2D eigenvalue weighted by Gasteiger charge is 2.29. The minimum absolute atomic E-state index is 0.0162. The van der Waals surface area contributed by atoms with E-state index in [4.69, 9.17) is 16.7 Å². The first-order chi connectivity index (χ1) is 8.38. The number of benzene rings is 1. The van der Waals surface area contributed by atoms with Crippen LogP contribution in [-0.2, 0) is 10.0 Å². The Hall–Kier alpha value is -0.690. The highest BCUT2D eigenvalue weighted by atomic mass is 35.5. The minimum atomic E-state index is -3.81. The molecule has 18 heavy (non-hydrogen) atoms. The minimum Gasteiger partial charge on any atom is -0.393 e. The summed E-state index contributed by atoms with van der Waals surface area (Å²) in [5.74, 6) is -0.527. The van der Waals surface area contributed by atoms with Gasteiger partial charge in [0.15, 0.2) is 0 Å². The number of nitrogens with one attached hydrogen (secondary N) is 1. The van der Waals surface area contributed by atoms with Crippen LogP contribution in [0, 0.1) is 11.7 Å². The van der Waals surface area contributed by atoms with E-state index in [1.165, 1.54) is 6.07 Å². The third kappa shape index (κ3) is 3.00. The normalized spacial score (nSPS) is 23.7. The van der Waals surface area contributed by atoms with Gasteiger partial charge in [-0.15, -0.1) is 0 Å². The summed E-state index contributed by atoms with van der Waals surface area (Å²) in [5.41, 5.74) is 0. The molecule has 100 valence electrons. The zero-order valence-corrected chi connectivity index (χ0v) is 11.0. The molecule has 4 nitrogen and oxygen atoms in total. The van der Waals surface area contributed by atoms with Crippen molar-refractivity contribution in [2.75, 3.05) is 6.54 Å². The number of rotatable bonds is 4. The molecular formula is C11H13ClFNO3S. The molecule has 0 spiro atoms. The quantitative estimate of drug-likeness (QED) is 0.885. The number of hydrogen-bond donors (Lipinski definition) is 2. The van der Waals surface area contributed by atoms with E-state index in [-0.39, 0.29) is 28.5 Å². The number of sulfonamides is 1. The van der Waals surface area contributed by atoms with Crippen LogP contribution < -0.4 is 4.72 Å². The van der Waals surface area contributed by atoms with Gasteiger partial charge in [-0.3, -0.25) is 0 Å². The first-order valence-corrected chi connectivity index (χ1v) is 7.37. The van der Waals surface area contributed by atoms with Gasteiger partial charge in [0.2, 0.25) is 10.0 Å². The molecule has 1 fully saturated rings. The summed E-state index contributed by atoms with van der Waals surface area (Å²) in [6.45, 7) is 0.228. The van der Waals surface area contributed by atoms with E-state index in [1.807, 2.05) is 0 Å². The molecule has 1 aromatic rings. The molecule has 0 heterocycles. The monoisotopic (exact) mass is 293 g/mol. The number of aliphatic hydroxyl groups excluding tert-OH is 1. The SMILES string of the molecule is O=S(=O)(NCC1CC(O)C1)c1cc(F)ccc1Cl. The predicted octanol–water partition coefficient (Wildman–Crippen LogP) is 1.53. The van der Waals surface area contributed by atoms with Crippen molar-refractivity contribution in [3.05, 3.63) is 29.0 Å². The van der Waals surface area contributed by atoms with Crippen LogP contribution in [0.3, 0.4) is 0 Å². The van der Waals surface area contributed by atoms with Crippen molar-refractivity contribution in [1.82, 2.24) is 4.72 Å². The summed E-state index contributed by atoms with van der Waals surface area (Å²) < 4.78 is 39.2. The third-order valence-corrected chi connectivity index (χ3v) is 4.86. The van der Waals surface area contributed by atoms with Crippen LogP contribution in [0.5, 0.6) is 0 Å². The van der Waals surface area contributed by atoms with Gasteiger partial charge in [-0.1, -0.05) is 11.6 Å². The van der Waals surface area contributed by atoms with E-state index in [0.29, 0.717) is 12.8 Å². The van der Waals surface area contributed by atoms with Gasteiger partial charge in [0.25, 0.3) is 0 Å². The Morgan fingerprint density at radius 1 is 1.44 bits per heavy atom. The van der Waals surface area contributed by atoms with Crippen LogP contribution in [0.4, 0.5) is 4.39 Å². The predicted molar refractivity (Wildman–Crippen MR) is 65.3 cm³/mol. The Kier molecular flexibility index (Phi) is 3.91. The Bertz CT molecular complexity index is 543. The fourth-order valence-corrected chi connectivity index (χ4v) is 3.48. The first-order valence-electron chi connectivity index (χ1n) is 5.51. The Balaban J connectivity index is 2.08. The van der Waals surface area contributed by atoms with Crippen molar-refractivity contribution in [1.29, 1.82) is 0 Å². The summed E-state index contributed by atoms with van der Waals surface area (Å²) in [7, 11) is -3.81. The summed E-state index contributed by atoms with van der Waals surface area (Å²) in [6, 6.07) is 3.20. The summed E-state index contributed by atoms with van der Waals surface area (Å²) >= 11 is 5.74. The standard InChI is InChI=1S/C11H13ClFNO3S/c12-10-2-1-8(13)5-11(10)18(16,17)14-6-7-3-9(15)4-7/h1-2,5,7,9,14-15H,3-4,6H2. The second-order valence-electron chi connectivity index (χ2n) is 4.42. The topological polar surface area (TPSA) is 66.4 Å². The molecule has 1 aliphatic rings. The van der Waals surface area contributed by atoms with Gasteiger partial charge >= 0.3 is 0 Å². The Labute approximate surface area is 110 Å². The lowest BCUT2D eigenvalue weighted by molar-refractivity contribution is 0.0453. The van der Waals surface area contributed by atoms with Gasteiger partial charge in [0.1, 0.15) is 10.7 Å². The fraction of sp³-hybridized carbons (Fsp3) is 0.455. The largest absolute Gasteiger partial charge is 0.393 e. The lowest BCUT2D eigenvalue weighted by atomic mass is 9.83. The van der Waals surface area contributed by atoms with Gasteiger partial charge < -0.3 is 5.11 Å². The van der Waals surface area contributed by atoms with Crippen LogP contribution in [0.15, 0.2) is 23.1 Å². The number of halogens is 2. The second-order valence-corrected chi connectivity index (χ2v) is 6.56. The number of hydrogen-bond acceptors (Lipinski definition) is 3. The molecule has 1 aromatic carbocycles. The van der Waals surface area contributed by atoms with Crippen LogP contribution in [0.2, 0.25) is 5.02 Å². The molecule has 1 aliphatic carbocycles. The molecule has 0 radical (unpaired) electrons. The average Bonchev–Trinajstić information content (AvgIpc) is 2.26. The Morgan fingerprint density at radius 3 is 2.72 bits per heavy atom. The molecule has 0 aromatic heterocycles. The molecule has 0 saturated heterocycles. The first kappa shape index (κ1) is 13.7. The van der Waals surface area contributed by atoms with Crippen LogP contribution in [0.25, 0.3) is 0 Å². The maximum absolute atomic E-state index is 13.0. The van der Waals surface area contributed by atoms with E-state index >= 15 is 0 Å². The van der Waals surface area contributed by atoms with Crippen molar-refractivity contribution in [2.24, 2.45) is 5.92 Å². The molecule has 0 bridgehead atoms. The lowest BCUT2D eigenvalue weighted by Crippen LogP contribution is -2.38. The summed E-state index contributed by atoms with van der Waals surface area (Å²) in [5, 5.41) is 9.08. The van der Waals surface area contributed by atoms with Crippen LogP contribution in [-0.4, -0.2) is 26.2 Å². The van der Waals surface area contributed by atoms with E-state index in [9.17, 15) is 12.8 Å². The van der Waals surface area contributed by atoms with E-state index in [2.05, 4.69) is 4.72 Å². The van der Waals surface area contributed by atoms with E-state index < -0.39 is 15.8 Å². The van der Waals surface area contributed by atoms with Gasteiger partial charge in [0, 0.05) is 6.54 Å². The maximum Gasteiger partial charge on any atom is 0.242 e. The second kappa shape index (κ2) is 5.13. The van der Waals surface area contributed by atoms with E-state index in [0.717, 1.165) is 12.1 Å². The molecule has 7 heteroatoms. The average molecular weight is 294 g/mol. The molecule has 2 N–H and O–H groups in total. The fourth-order valence-electron chi connectivity index (χ4n) is 1.86. The zero-order chi connectivity index (χ0) is 13.3. The molecular weight excluding hydrogens is 281 g/mol. The third-order valence-electron chi connectivity index (χ3n) is 2.96. The smallest absolute Gasteiger partial charge is 0.242 e. The summed E-state index contributed by atoms with van der Waals surface area (Å²) in [4.78, 5) is -0.260. The summed E-state index contributed by atoms with van der Waals surface area (Å²) in [6.07, 6.45) is 0.830. The highest BCUT2D eigenvalue weighted by Crippen LogP contribution is 2.27. The van der Waals surface area contributed by atoms with Gasteiger partial charge in [-0.25, -0.2) is 17.5 Å². The maximum atomic E-state index is 13.0. The van der Waals surface area contributed by atoms with E-state index in [1.54, 1.807) is 0 Å². The molecule has 2 rings (SSSR count). The van der Waals surface area contributed by atoms with Crippen LogP contribution >= 0.6 is 11.6 Å². The van der Waals surface area contributed by atoms with Crippen molar-refractivity contribution >= 4 is 21.6 Å². The van der Waals surface area contributed by atoms with Gasteiger partial charge in [-0.05, 0) is 37.0 Å². The van der Waals surface area contributed by atoms with Gasteiger partial charge in [0.05, 0.1) is 11.1 Å². The molecule has 0 amide bonds. The van der Waals surface area contributed by atoms with Crippen molar-refractivity contribution in [2.45, 2.75) is 23.8 Å². The van der Waals surface area contributed by atoms with Crippen molar-refractivity contribution in [3.63, 3.8) is 0 Å². The van der Waals surface area contributed by atoms with Crippen LogP contribution in [0.1, 0.15) is 12.8 Å². The number of aliphatic hydroxyl groups is 1. The zero-order valence-electron chi connectivity index (χ0n) is 9.44. The molecule has 0 unspecified atom stereocenters.